The highest BCUT2D eigenvalue weighted by Crippen LogP contribution is 2.34. The van der Waals surface area contributed by atoms with Crippen LogP contribution in [0.5, 0.6) is 11.5 Å². The van der Waals surface area contributed by atoms with E-state index in [2.05, 4.69) is 69.5 Å². The molecular formula is C23H21BrINO2. The molecule has 0 heterocycles. The molecule has 0 atom stereocenters. The van der Waals surface area contributed by atoms with Gasteiger partial charge in [0.1, 0.15) is 6.61 Å². The third-order valence-corrected chi connectivity index (χ3v) is 5.81. The first-order valence-corrected chi connectivity index (χ1v) is 10.7. The molecule has 0 spiro atoms. The lowest BCUT2D eigenvalue weighted by Gasteiger charge is -2.14. The third-order valence-electron chi connectivity index (χ3n) is 4.48. The number of halogens is 2. The van der Waals surface area contributed by atoms with Crippen molar-refractivity contribution in [1.82, 2.24) is 0 Å². The zero-order chi connectivity index (χ0) is 20.1. The molecular weight excluding hydrogens is 529 g/mol. The number of aryl methyl sites for hydroxylation is 1. The standard InChI is InChI=1S/C23H21BrINO2/c1-15-5-4-6-21(16(15)2)26-13-18-11-20(25)23(22(12-18)27-3)28-14-17-7-9-19(24)10-8-17/h4-13H,14H2,1-3H3. The van der Waals surface area contributed by atoms with Crippen LogP contribution in [0.3, 0.4) is 0 Å². The van der Waals surface area contributed by atoms with Crippen molar-refractivity contribution in [1.29, 1.82) is 0 Å². The van der Waals surface area contributed by atoms with E-state index in [1.165, 1.54) is 11.1 Å². The van der Waals surface area contributed by atoms with Crippen LogP contribution < -0.4 is 9.47 Å². The quantitative estimate of drug-likeness (QED) is 0.244. The highest BCUT2D eigenvalue weighted by Gasteiger charge is 2.11. The van der Waals surface area contributed by atoms with Gasteiger partial charge in [-0.3, -0.25) is 4.99 Å². The molecule has 0 saturated carbocycles. The largest absolute Gasteiger partial charge is 0.493 e. The number of aliphatic imine (C=N–C) groups is 1. The van der Waals surface area contributed by atoms with Crippen LogP contribution in [0.1, 0.15) is 22.3 Å². The van der Waals surface area contributed by atoms with Crippen LogP contribution in [-0.2, 0) is 6.61 Å². The minimum Gasteiger partial charge on any atom is -0.493 e. The van der Waals surface area contributed by atoms with Crippen molar-refractivity contribution in [2.24, 2.45) is 4.99 Å². The van der Waals surface area contributed by atoms with Gasteiger partial charge in [-0.15, -0.1) is 0 Å². The van der Waals surface area contributed by atoms with Crippen LogP contribution in [0.15, 0.2) is 64.1 Å². The molecule has 0 fully saturated rings. The van der Waals surface area contributed by atoms with Crippen molar-refractivity contribution in [3.05, 3.63) is 84.9 Å². The Morgan fingerprint density at radius 3 is 2.54 bits per heavy atom. The molecule has 0 aromatic heterocycles. The minimum atomic E-state index is 0.482. The Morgan fingerprint density at radius 2 is 1.82 bits per heavy atom. The summed E-state index contributed by atoms with van der Waals surface area (Å²) >= 11 is 5.72. The van der Waals surface area contributed by atoms with Crippen molar-refractivity contribution >= 4 is 50.4 Å². The fourth-order valence-electron chi connectivity index (χ4n) is 2.71. The zero-order valence-corrected chi connectivity index (χ0v) is 19.7. The molecule has 0 amide bonds. The Morgan fingerprint density at radius 1 is 1.07 bits per heavy atom. The Balaban J connectivity index is 1.81. The Kier molecular flexibility index (Phi) is 7.13. The molecule has 0 aliphatic heterocycles. The number of hydrogen-bond donors (Lipinski definition) is 0. The molecule has 0 radical (unpaired) electrons. The highest BCUT2D eigenvalue weighted by molar-refractivity contribution is 14.1. The summed E-state index contributed by atoms with van der Waals surface area (Å²) in [4.78, 5) is 4.66. The summed E-state index contributed by atoms with van der Waals surface area (Å²) in [6, 6.07) is 18.2. The number of methoxy groups -OCH3 is 1. The molecule has 5 heteroatoms. The number of hydrogen-bond acceptors (Lipinski definition) is 3. The van der Waals surface area contributed by atoms with E-state index in [1.54, 1.807) is 7.11 Å². The summed E-state index contributed by atoms with van der Waals surface area (Å²) in [6.07, 6.45) is 1.87. The zero-order valence-electron chi connectivity index (χ0n) is 16.0. The van der Waals surface area contributed by atoms with Crippen LogP contribution in [0.2, 0.25) is 0 Å². The van der Waals surface area contributed by atoms with Gasteiger partial charge in [0.05, 0.1) is 16.4 Å². The molecule has 0 aliphatic rings. The van der Waals surface area contributed by atoms with E-state index in [0.29, 0.717) is 12.4 Å². The number of nitrogens with zero attached hydrogens (tertiary/aromatic N) is 1. The van der Waals surface area contributed by atoms with Gasteiger partial charge in [0.15, 0.2) is 11.5 Å². The van der Waals surface area contributed by atoms with Crippen LogP contribution in [0, 0.1) is 17.4 Å². The molecule has 0 bridgehead atoms. The second kappa shape index (κ2) is 9.56. The van der Waals surface area contributed by atoms with Gasteiger partial charge in [0.2, 0.25) is 0 Å². The molecule has 3 rings (SSSR count). The number of ether oxygens (including phenoxy) is 2. The molecule has 28 heavy (non-hydrogen) atoms. The lowest BCUT2D eigenvalue weighted by molar-refractivity contribution is 0.282. The van der Waals surface area contributed by atoms with Gasteiger partial charge >= 0.3 is 0 Å². The summed E-state index contributed by atoms with van der Waals surface area (Å²) in [5.41, 5.74) is 5.47. The molecule has 0 aliphatic carbocycles. The lowest BCUT2D eigenvalue weighted by Crippen LogP contribution is -2.00. The summed E-state index contributed by atoms with van der Waals surface area (Å²) < 4.78 is 13.6. The van der Waals surface area contributed by atoms with Gasteiger partial charge in [-0.25, -0.2) is 0 Å². The maximum absolute atomic E-state index is 6.05. The van der Waals surface area contributed by atoms with Crippen molar-refractivity contribution in [3.8, 4) is 11.5 Å². The molecule has 144 valence electrons. The highest BCUT2D eigenvalue weighted by atomic mass is 127. The minimum absolute atomic E-state index is 0.482. The van der Waals surface area contributed by atoms with Gasteiger partial charge in [0, 0.05) is 10.7 Å². The second-order valence-electron chi connectivity index (χ2n) is 6.43. The first kappa shape index (κ1) is 20.9. The predicted octanol–water partition coefficient (Wildman–Crippen LogP) is 7.01. The van der Waals surface area contributed by atoms with Crippen molar-refractivity contribution in [2.75, 3.05) is 7.11 Å². The van der Waals surface area contributed by atoms with E-state index in [1.807, 2.05) is 48.7 Å². The molecule has 0 N–H and O–H groups in total. The first-order valence-electron chi connectivity index (χ1n) is 8.83. The fourth-order valence-corrected chi connectivity index (χ4v) is 3.76. The Bertz CT molecular complexity index is 1000. The Labute approximate surface area is 188 Å². The fraction of sp³-hybridized carbons (Fsp3) is 0.174. The SMILES string of the molecule is COc1cc(C=Nc2cccc(C)c2C)cc(I)c1OCc1ccc(Br)cc1. The second-order valence-corrected chi connectivity index (χ2v) is 8.50. The van der Waals surface area contributed by atoms with Crippen LogP contribution >= 0.6 is 38.5 Å². The normalized spacial score (nSPS) is 11.0. The van der Waals surface area contributed by atoms with E-state index >= 15 is 0 Å². The topological polar surface area (TPSA) is 30.8 Å². The van der Waals surface area contributed by atoms with E-state index < -0.39 is 0 Å². The summed E-state index contributed by atoms with van der Waals surface area (Å²) in [7, 11) is 1.66. The van der Waals surface area contributed by atoms with E-state index in [9.17, 15) is 0 Å². The predicted molar refractivity (Wildman–Crippen MR) is 127 cm³/mol. The molecule has 3 aromatic rings. The van der Waals surface area contributed by atoms with E-state index in [-0.39, 0.29) is 0 Å². The van der Waals surface area contributed by atoms with Gasteiger partial charge in [-0.05, 0) is 89.0 Å². The lowest BCUT2D eigenvalue weighted by atomic mass is 10.1. The molecule has 0 unspecified atom stereocenters. The third kappa shape index (κ3) is 5.14. The maximum Gasteiger partial charge on any atom is 0.174 e. The van der Waals surface area contributed by atoms with Crippen molar-refractivity contribution < 1.29 is 9.47 Å². The molecule has 3 aromatic carbocycles. The van der Waals surface area contributed by atoms with Crippen LogP contribution in [0.25, 0.3) is 0 Å². The Hall–Kier alpha value is -1.86. The van der Waals surface area contributed by atoms with Crippen molar-refractivity contribution in [2.45, 2.75) is 20.5 Å². The van der Waals surface area contributed by atoms with Gasteiger partial charge in [-0.1, -0.05) is 40.2 Å². The molecule has 3 nitrogen and oxygen atoms in total. The molecule has 0 saturated heterocycles. The first-order chi connectivity index (χ1) is 13.5. The van der Waals surface area contributed by atoms with E-state index in [4.69, 9.17) is 9.47 Å². The summed E-state index contributed by atoms with van der Waals surface area (Å²) in [6.45, 7) is 4.67. The number of benzene rings is 3. The smallest absolute Gasteiger partial charge is 0.174 e. The summed E-state index contributed by atoms with van der Waals surface area (Å²) in [5, 5.41) is 0. The van der Waals surface area contributed by atoms with Gasteiger partial charge < -0.3 is 9.47 Å². The monoisotopic (exact) mass is 549 g/mol. The van der Waals surface area contributed by atoms with Crippen LogP contribution in [0.4, 0.5) is 5.69 Å². The van der Waals surface area contributed by atoms with Crippen LogP contribution in [-0.4, -0.2) is 13.3 Å². The van der Waals surface area contributed by atoms with E-state index in [0.717, 1.165) is 30.6 Å². The van der Waals surface area contributed by atoms with Gasteiger partial charge in [0.25, 0.3) is 0 Å². The average molecular weight is 550 g/mol. The average Bonchev–Trinajstić information content (AvgIpc) is 2.69. The maximum atomic E-state index is 6.05. The van der Waals surface area contributed by atoms with Crippen molar-refractivity contribution in [3.63, 3.8) is 0 Å². The number of rotatable bonds is 6. The van der Waals surface area contributed by atoms with Gasteiger partial charge in [-0.2, -0.15) is 0 Å². The summed E-state index contributed by atoms with van der Waals surface area (Å²) in [5.74, 6) is 1.45.